The predicted molar refractivity (Wildman–Crippen MR) is 109 cm³/mol. The van der Waals surface area contributed by atoms with Crippen molar-refractivity contribution in [1.29, 1.82) is 0 Å². The number of rotatable bonds is 7. The monoisotopic (exact) mass is 450 g/mol. The number of sulfonamides is 1. The van der Waals surface area contributed by atoms with Crippen LogP contribution in [0.3, 0.4) is 0 Å². The van der Waals surface area contributed by atoms with Gasteiger partial charge in [-0.2, -0.15) is 13.2 Å². The van der Waals surface area contributed by atoms with Crippen LogP contribution < -0.4 is 14.8 Å². The van der Waals surface area contributed by atoms with Crippen molar-refractivity contribution in [2.24, 2.45) is 0 Å². The Kier molecular flexibility index (Phi) is 6.50. The second-order valence-electron chi connectivity index (χ2n) is 6.36. The number of amides is 1. The molecule has 0 heterocycles. The van der Waals surface area contributed by atoms with Crippen molar-refractivity contribution in [2.75, 3.05) is 16.6 Å². The van der Waals surface area contributed by atoms with Crippen molar-refractivity contribution in [3.05, 3.63) is 84.4 Å². The number of carbonyl (C=O) groups excluding carboxylic acids is 1. The van der Waals surface area contributed by atoms with Crippen molar-refractivity contribution in [3.8, 4) is 5.75 Å². The number of halogens is 3. The minimum absolute atomic E-state index is 0.177. The Bertz CT molecular complexity index is 1150. The summed E-state index contributed by atoms with van der Waals surface area (Å²) >= 11 is 0. The molecule has 0 aliphatic heterocycles. The smallest absolute Gasteiger partial charge is 0.416 e. The number of hydrogen-bond acceptors (Lipinski definition) is 4. The van der Waals surface area contributed by atoms with E-state index in [4.69, 9.17) is 4.74 Å². The van der Waals surface area contributed by atoms with Crippen LogP contribution in [0.25, 0.3) is 0 Å². The normalized spacial score (nSPS) is 11.6. The third kappa shape index (κ3) is 6.22. The zero-order valence-corrected chi connectivity index (χ0v) is 16.7. The molecule has 3 aromatic carbocycles. The van der Waals surface area contributed by atoms with Crippen LogP contribution in [0.2, 0.25) is 0 Å². The largest absolute Gasteiger partial charge is 0.484 e. The van der Waals surface area contributed by atoms with Crippen molar-refractivity contribution in [3.63, 3.8) is 0 Å². The summed E-state index contributed by atoms with van der Waals surface area (Å²) in [6, 6.07) is 17.8. The minimum Gasteiger partial charge on any atom is -0.484 e. The van der Waals surface area contributed by atoms with Crippen molar-refractivity contribution in [1.82, 2.24) is 0 Å². The van der Waals surface area contributed by atoms with Gasteiger partial charge in [0, 0.05) is 11.4 Å². The Morgan fingerprint density at radius 3 is 2.19 bits per heavy atom. The second-order valence-corrected chi connectivity index (χ2v) is 8.04. The fourth-order valence-corrected chi connectivity index (χ4v) is 3.60. The topological polar surface area (TPSA) is 84.5 Å². The second kappa shape index (κ2) is 9.09. The lowest BCUT2D eigenvalue weighted by atomic mass is 10.2. The van der Waals surface area contributed by atoms with Gasteiger partial charge < -0.3 is 10.1 Å². The van der Waals surface area contributed by atoms with E-state index in [1.54, 1.807) is 24.3 Å². The standard InChI is InChI=1S/C21H17F3N2O4S/c22-21(23,24)15-5-4-6-17(13-15)26-31(28,29)19-11-9-16(10-12-19)25-20(27)14-30-18-7-2-1-3-8-18/h1-13,26H,14H2,(H,25,27). The van der Waals surface area contributed by atoms with Crippen LogP contribution in [-0.2, 0) is 21.0 Å². The summed E-state index contributed by atoms with van der Waals surface area (Å²) in [5.41, 5.74) is -0.853. The van der Waals surface area contributed by atoms with Crippen LogP contribution in [0.5, 0.6) is 5.75 Å². The SMILES string of the molecule is O=C(COc1ccccc1)Nc1ccc(S(=O)(=O)Nc2cccc(C(F)(F)F)c2)cc1. The van der Waals surface area contributed by atoms with Crippen LogP contribution in [0.4, 0.5) is 24.5 Å². The van der Waals surface area contributed by atoms with Crippen molar-refractivity contribution < 1.29 is 31.1 Å². The molecule has 0 aliphatic rings. The van der Waals surface area contributed by atoms with Gasteiger partial charge >= 0.3 is 6.18 Å². The molecular weight excluding hydrogens is 433 g/mol. The average molecular weight is 450 g/mol. The van der Waals surface area contributed by atoms with Gasteiger partial charge in [0.25, 0.3) is 15.9 Å². The van der Waals surface area contributed by atoms with Gasteiger partial charge in [0.1, 0.15) is 5.75 Å². The molecule has 0 aromatic heterocycles. The molecule has 0 fully saturated rings. The summed E-state index contributed by atoms with van der Waals surface area (Å²) in [6.45, 7) is -0.235. The number of carbonyl (C=O) groups is 1. The Labute approximate surface area is 176 Å². The van der Waals surface area contributed by atoms with E-state index in [1.807, 2.05) is 6.07 Å². The van der Waals surface area contributed by atoms with Gasteiger partial charge in [0.2, 0.25) is 0 Å². The van der Waals surface area contributed by atoms with Crippen LogP contribution in [-0.4, -0.2) is 20.9 Å². The molecular formula is C21H17F3N2O4S. The number of alkyl halides is 3. The summed E-state index contributed by atoms with van der Waals surface area (Å²) in [7, 11) is -4.12. The van der Waals surface area contributed by atoms with Gasteiger partial charge in [-0.1, -0.05) is 24.3 Å². The molecule has 0 unspecified atom stereocenters. The number of anilines is 2. The molecule has 0 radical (unpaired) electrons. The number of ether oxygens (including phenoxy) is 1. The van der Waals surface area contributed by atoms with Crippen LogP contribution in [0.15, 0.2) is 83.8 Å². The molecule has 0 bridgehead atoms. The van der Waals surface area contributed by atoms with Crippen molar-refractivity contribution >= 4 is 27.3 Å². The van der Waals surface area contributed by atoms with E-state index in [2.05, 4.69) is 10.0 Å². The number of benzene rings is 3. The molecule has 0 atom stereocenters. The molecule has 0 spiro atoms. The summed E-state index contributed by atoms with van der Waals surface area (Å²) in [5.74, 6) is 0.0845. The lowest BCUT2D eigenvalue weighted by molar-refractivity contribution is -0.137. The fourth-order valence-electron chi connectivity index (χ4n) is 2.55. The van der Waals surface area contributed by atoms with Gasteiger partial charge in [-0.15, -0.1) is 0 Å². The lowest BCUT2D eigenvalue weighted by Gasteiger charge is -2.12. The third-order valence-electron chi connectivity index (χ3n) is 4.00. The highest BCUT2D eigenvalue weighted by Crippen LogP contribution is 2.31. The van der Waals surface area contributed by atoms with E-state index >= 15 is 0 Å². The van der Waals surface area contributed by atoms with Crippen LogP contribution in [0, 0.1) is 0 Å². The molecule has 2 N–H and O–H groups in total. The molecule has 3 aromatic rings. The summed E-state index contributed by atoms with van der Waals surface area (Å²) < 4.78 is 70.8. The van der Waals surface area contributed by atoms with Crippen LogP contribution >= 0.6 is 0 Å². The van der Waals surface area contributed by atoms with Crippen molar-refractivity contribution in [2.45, 2.75) is 11.1 Å². The highest BCUT2D eigenvalue weighted by Gasteiger charge is 2.30. The summed E-state index contributed by atoms with van der Waals surface area (Å²) in [6.07, 6.45) is -4.59. The van der Waals surface area contributed by atoms with E-state index in [-0.39, 0.29) is 17.2 Å². The zero-order chi connectivity index (χ0) is 22.5. The number of nitrogens with one attached hydrogen (secondary N) is 2. The highest BCUT2D eigenvalue weighted by molar-refractivity contribution is 7.92. The molecule has 0 aliphatic carbocycles. The number of hydrogen-bond donors (Lipinski definition) is 2. The number of para-hydroxylation sites is 1. The first-order valence-corrected chi connectivity index (χ1v) is 10.4. The molecule has 6 nitrogen and oxygen atoms in total. The van der Waals surface area contributed by atoms with Crippen LogP contribution in [0.1, 0.15) is 5.56 Å². The summed E-state index contributed by atoms with van der Waals surface area (Å²) in [4.78, 5) is 11.8. The van der Waals surface area contributed by atoms with E-state index in [1.165, 1.54) is 30.3 Å². The fraction of sp³-hybridized carbons (Fsp3) is 0.0952. The Morgan fingerprint density at radius 2 is 1.55 bits per heavy atom. The molecule has 0 saturated heterocycles. The quantitative estimate of drug-likeness (QED) is 0.554. The van der Waals surface area contributed by atoms with E-state index < -0.39 is 27.7 Å². The molecule has 3 rings (SSSR count). The van der Waals surface area contributed by atoms with E-state index in [9.17, 15) is 26.4 Å². The zero-order valence-electron chi connectivity index (χ0n) is 15.9. The van der Waals surface area contributed by atoms with Gasteiger partial charge in [-0.25, -0.2) is 8.42 Å². The van der Waals surface area contributed by atoms with Gasteiger partial charge in [0.15, 0.2) is 6.61 Å². The highest BCUT2D eigenvalue weighted by atomic mass is 32.2. The predicted octanol–water partition coefficient (Wildman–Crippen LogP) is 4.52. The van der Waals surface area contributed by atoms with Gasteiger partial charge in [-0.05, 0) is 54.6 Å². The van der Waals surface area contributed by atoms with E-state index in [0.717, 1.165) is 12.1 Å². The molecule has 10 heteroatoms. The molecule has 1 amide bonds. The van der Waals surface area contributed by atoms with E-state index in [0.29, 0.717) is 17.5 Å². The molecule has 31 heavy (non-hydrogen) atoms. The first-order valence-electron chi connectivity index (χ1n) is 8.91. The van der Waals surface area contributed by atoms with Gasteiger partial charge in [-0.3, -0.25) is 9.52 Å². The maximum atomic E-state index is 12.8. The summed E-state index contributed by atoms with van der Waals surface area (Å²) in [5, 5.41) is 2.56. The first kappa shape index (κ1) is 22.2. The maximum absolute atomic E-state index is 12.8. The Morgan fingerprint density at radius 1 is 0.871 bits per heavy atom. The third-order valence-corrected chi connectivity index (χ3v) is 5.40. The average Bonchev–Trinajstić information content (AvgIpc) is 2.73. The minimum atomic E-state index is -4.59. The first-order chi connectivity index (χ1) is 14.6. The molecule has 162 valence electrons. The Hall–Kier alpha value is -3.53. The van der Waals surface area contributed by atoms with Gasteiger partial charge in [0.05, 0.1) is 10.5 Å². The molecule has 0 saturated carbocycles. The maximum Gasteiger partial charge on any atom is 0.416 e. The Balaban J connectivity index is 1.63. The lowest BCUT2D eigenvalue weighted by Crippen LogP contribution is -2.20.